The van der Waals surface area contributed by atoms with Gasteiger partial charge in [-0.2, -0.15) is 5.10 Å². The molecule has 184 valence electrons. The Bertz CT molecular complexity index is 1320. The molecule has 0 saturated heterocycles. The van der Waals surface area contributed by atoms with Crippen molar-refractivity contribution in [2.45, 2.75) is 45.1 Å². The molecule has 0 atom stereocenters. The minimum Gasteiger partial charge on any atom is -0.497 e. The number of aromatic nitrogens is 3. The average molecular weight is 529 g/mol. The molecule has 0 bridgehead atoms. The first-order valence-electron chi connectivity index (χ1n) is 11.5. The van der Waals surface area contributed by atoms with Gasteiger partial charge in [-0.3, -0.25) is 14.4 Å². The van der Waals surface area contributed by atoms with Crippen molar-refractivity contribution in [1.82, 2.24) is 14.8 Å². The Kier molecular flexibility index (Phi) is 8.36. The van der Waals surface area contributed by atoms with Crippen LogP contribution >= 0.6 is 34.7 Å². The normalized spacial score (nSPS) is 11.2. The Morgan fingerprint density at radius 3 is 2.63 bits per heavy atom. The van der Waals surface area contributed by atoms with Crippen LogP contribution in [-0.2, 0) is 11.3 Å². The van der Waals surface area contributed by atoms with Gasteiger partial charge in [0.15, 0.2) is 5.13 Å². The van der Waals surface area contributed by atoms with E-state index in [-0.39, 0.29) is 5.91 Å². The Morgan fingerprint density at radius 1 is 1.17 bits per heavy atom. The number of carbonyl (C=O) groups excluding carboxylic acids is 1. The van der Waals surface area contributed by atoms with Gasteiger partial charge in [-0.1, -0.05) is 22.9 Å². The number of carbonyl (C=O) groups is 1. The smallest absolute Gasteiger partial charge is 0.228 e. The molecule has 0 aliphatic carbocycles. The number of hydrogen-bond acceptors (Lipinski definition) is 6. The molecule has 2 aromatic heterocycles. The molecule has 0 aliphatic rings. The maximum atomic E-state index is 13.4. The number of ether oxygens (including phenoxy) is 1. The molecule has 4 rings (SSSR count). The number of anilines is 1. The van der Waals surface area contributed by atoms with Crippen molar-refractivity contribution in [2.75, 3.05) is 24.3 Å². The zero-order valence-corrected chi connectivity index (χ0v) is 22.8. The third kappa shape index (κ3) is 6.37. The first-order chi connectivity index (χ1) is 16.8. The molecule has 9 heteroatoms. The molecule has 0 saturated carbocycles. The quantitative estimate of drug-likeness (QED) is 0.169. The van der Waals surface area contributed by atoms with E-state index in [0.29, 0.717) is 29.7 Å². The van der Waals surface area contributed by atoms with Crippen molar-refractivity contribution in [1.29, 1.82) is 0 Å². The van der Waals surface area contributed by atoms with E-state index in [0.717, 1.165) is 50.0 Å². The molecular weight excluding hydrogens is 500 g/mol. The third-order valence-electron chi connectivity index (χ3n) is 5.67. The van der Waals surface area contributed by atoms with Gasteiger partial charge in [0.05, 0.1) is 29.6 Å². The largest absolute Gasteiger partial charge is 0.497 e. The predicted molar refractivity (Wildman–Crippen MR) is 146 cm³/mol. The third-order valence-corrected chi connectivity index (χ3v) is 8.01. The lowest BCUT2D eigenvalue weighted by atomic mass is 10.2. The summed E-state index contributed by atoms with van der Waals surface area (Å²) in [5.41, 5.74) is 3.96. The number of thioether (sulfide) groups is 1. The zero-order chi connectivity index (χ0) is 24.9. The lowest BCUT2D eigenvalue weighted by Crippen LogP contribution is -2.34. The van der Waals surface area contributed by atoms with Crippen molar-refractivity contribution in [3.8, 4) is 5.75 Å². The number of aryl methyl sites for hydroxylation is 3. The number of nitrogens with zero attached hydrogens (tertiary/aromatic N) is 4. The number of fused-ring (bicyclic) bond motifs is 1. The van der Waals surface area contributed by atoms with E-state index in [9.17, 15) is 4.79 Å². The minimum absolute atomic E-state index is 0.0738. The van der Waals surface area contributed by atoms with Crippen molar-refractivity contribution >= 4 is 56.0 Å². The predicted octanol–water partition coefficient (Wildman–Crippen LogP) is 6.69. The summed E-state index contributed by atoms with van der Waals surface area (Å²) in [5.74, 6) is 1.78. The topological polar surface area (TPSA) is 60.2 Å². The van der Waals surface area contributed by atoms with E-state index in [1.807, 2.05) is 72.8 Å². The fourth-order valence-electron chi connectivity index (χ4n) is 3.90. The van der Waals surface area contributed by atoms with Gasteiger partial charge in [0.1, 0.15) is 5.75 Å². The van der Waals surface area contributed by atoms with Crippen LogP contribution in [0.5, 0.6) is 5.75 Å². The number of amides is 1. The highest BCUT2D eigenvalue weighted by Gasteiger charge is 2.21. The number of benzene rings is 2. The van der Waals surface area contributed by atoms with Crippen LogP contribution in [0.25, 0.3) is 10.2 Å². The van der Waals surface area contributed by atoms with Gasteiger partial charge in [0.25, 0.3) is 0 Å². The highest BCUT2D eigenvalue weighted by Crippen LogP contribution is 2.33. The number of halogens is 1. The first kappa shape index (κ1) is 25.5. The van der Waals surface area contributed by atoms with Gasteiger partial charge in [-0.25, -0.2) is 4.98 Å². The summed E-state index contributed by atoms with van der Waals surface area (Å²) >= 11 is 9.52. The van der Waals surface area contributed by atoms with Crippen LogP contribution in [0.3, 0.4) is 0 Å². The van der Waals surface area contributed by atoms with E-state index >= 15 is 0 Å². The van der Waals surface area contributed by atoms with E-state index in [1.165, 1.54) is 11.3 Å². The van der Waals surface area contributed by atoms with Crippen molar-refractivity contribution in [3.63, 3.8) is 0 Å². The van der Waals surface area contributed by atoms with Crippen LogP contribution in [0.4, 0.5) is 5.13 Å². The number of thiazole rings is 1. The van der Waals surface area contributed by atoms with Crippen LogP contribution in [0.2, 0.25) is 5.02 Å². The second kappa shape index (κ2) is 11.5. The van der Waals surface area contributed by atoms with Gasteiger partial charge < -0.3 is 4.74 Å². The summed E-state index contributed by atoms with van der Waals surface area (Å²) in [6, 6.07) is 13.9. The minimum atomic E-state index is 0.0738. The van der Waals surface area contributed by atoms with Crippen molar-refractivity contribution in [2.24, 2.45) is 0 Å². The molecule has 0 radical (unpaired) electrons. The van der Waals surface area contributed by atoms with Gasteiger partial charge >= 0.3 is 0 Å². The van der Waals surface area contributed by atoms with Gasteiger partial charge in [-0.05, 0) is 81.0 Å². The summed E-state index contributed by atoms with van der Waals surface area (Å²) in [4.78, 5) is 21.2. The zero-order valence-electron chi connectivity index (χ0n) is 20.4. The molecule has 6 nitrogen and oxygen atoms in total. The van der Waals surface area contributed by atoms with Crippen molar-refractivity contribution in [3.05, 3.63) is 64.4 Å². The van der Waals surface area contributed by atoms with Crippen LogP contribution in [0.15, 0.2) is 47.4 Å². The van der Waals surface area contributed by atoms with Crippen LogP contribution in [0, 0.1) is 20.8 Å². The van der Waals surface area contributed by atoms with E-state index in [4.69, 9.17) is 21.3 Å². The molecule has 0 aliphatic heterocycles. The van der Waals surface area contributed by atoms with E-state index in [2.05, 4.69) is 5.10 Å². The maximum absolute atomic E-state index is 13.4. The van der Waals surface area contributed by atoms with Gasteiger partial charge in [0.2, 0.25) is 5.91 Å². The molecule has 4 aromatic rings. The SMILES string of the molecule is COc1ccc(SCCCC(=O)N(CCn2nc(C)cc2C)c2nc3c(C)cc(Cl)cc3s2)cc1. The molecule has 0 N–H and O–H groups in total. The molecule has 35 heavy (non-hydrogen) atoms. The summed E-state index contributed by atoms with van der Waals surface area (Å²) in [6.07, 6.45) is 1.23. The molecule has 0 fully saturated rings. The fraction of sp³-hybridized carbons (Fsp3) is 0.346. The Morgan fingerprint density at radius 2 is 1.94 bits per heavy atom. The lowest BCUT2D eigenvalue weighted by Gasteiger charge is -2.20. The highest BCUT2D eigenvalue weighted by molar-refractivity contribution is 7.99. The summed E-state index contributed by atoms with van der Waals surface area (Å²) in [5, 5.41) is 5.95. The Hall–Kier alpha value is -2.55. The standard InChI is InChI=1S/C26H29ClN4O2S2/c1-17-14-20(27)16-23-25(17)28-26(35-23)30(11-12-31-19(3)15-18(2)29-31)24(32)6-5-13-34-22-9-7-21(33-4)8-10-22/h7-10,14-16H,5-6,11-13H2,1-4H3. The fourth-order valence-corrected chi connectivity index (χ4v) is 6.22. The maximum Gasteiger partial charge on any atom is 0.228 e. The molecule has 2 aromatic carbocycles. The monoisotopic (exact) mass is 528 g/mol. The molecule has 2 heterocycles. The van der Waals surface area contributed by atoms with Gasteiger partial charge in [-0.15, -0.1) is 11.8 Å². The molecular formula is C26H29ClN4O2S2. The summed E-state index contributed by atoms with van der Waals surface area (Å²) in [6.45, 7) is 7.13. The highest BCUT2D eigenvalue weighted by atomic mass is 35.5. The molecule has 0 unspecified atom stereocenters. The van der Waals surface area contributed by atoms with E-state index in [1.54, 1.807) is 18.9 Å². The average Bonchev–Trinajstić information content (AvgIpc) is 3.39. The number of hydrogen-bond donors (Lipinski definition) is 0. The Labute approximate surface area is 219 Å². The van der Waals surface area contributed by atoms with Crippen LogP contribution in [-0.4, -0.2) is 40.1 Å². The van der Waals surface area contributed by atoms with Crippen LogP contribution < -0.4 is 9.64 Å². The van der Waals surface area contributed by atoms with Gasteiger partial charge in [0, 0.05) is 28.6 Å². The van der Waals surface area contributed by atoms with E-state index < -0.39 is 0 Å². The molecule has 0 spiro atoms. The number of rotatable bonds is 10. The first-order valence-corrected chi connectivity index (χ1v) is 13.7. The van der Waals surface area contributed by atoms with Crippen LogP contribution in [0.1, 0.15) is 29.8 Å². The summed E-state index contributed by atoms with van der Waals surface area (Å²) < 4.78 is 8.15. The number of methoxy groups -OCH3 is 1. The van der Waals surface area contributed by atoms with Crippen molar-refractivity contribution < 1.29 is 9.53 Å². The second-order valence-corrected chi connectivity index (χ2v) is 11.0. The Balaban J connectivity index is 1.46. The second-order valence-electron chi connectivity index (χ2n) is 8.39. The molecule has 1 amide bonds. The lowest BCUT2D eigenvalue weighted by molar-refractivity contribution is -0.118. The summed E-state index contributed by atoms with van der Waals surface area (Å²) in [7, 11) is 1.66.